The van der Waals surface area contributed by atoms with Gasteiger partial charge in [-0.2, -0.15) is 0 Å². The molecule has 1 heterocycles. The lowest BCUT2D eigenvalue weighted by Crippen LogP contribution is -2.19. The molecule has 0 aliphatic rings. The lowest BCUT2D eigenvalue weighted by atomic mass is 9.97. The van der Waals surface area contributed by atoms with Crippen LogP contribution in [0.1, 0.15) is 50.2 Å². The van der Waals surface area contributed by atoms with Gasteiger partial charge in [-0.25, -0.2) is 0 Å². The van der Waals surface area contributed by atoms with Crippen LogP contribution < -0.4 is 5.32 Å². The molecule has 1 aromatic rings. The minimum atomic E-state index is 0.426. The van der Waals surface area contributed by atoms with E-state index in [1.807, 2.05) is 7.05 Å². The van der Waals surface area contributed by atoms with Crippen LogP contribution >= 0.6 is 11.5 Å². The normalized spacial score (nSPS) is 15.2. The highest BCUT2D eigenvalue weighted by atomic mass is 32.1. The van der Waals surface area contributed by atoms with Gasteiger partial charge in [0.1, 0.15) is 0 Å². The lowest BCUT2D eigenvalue weighted by molar-refractivity contribution is 0.424. The first-order chi connectivity index (χ1) is 7.22. The Kier molecular flexibility index (Phi) is 5.19. The predicted molar refractivity (Wildman–Crippen MR) is 65.2 cm³/mol. The van der Waals surface area contributed by atoms with Gasteiger partial charge >= 0.3 is 0 Å². The molecule has 0 saturated carbocycles. The van der Waals surface area contributed by atoms with Crippen molar-refractivity contribution in [2.24, 2.45) is 5.92 Å². The maximum Gasteiger partial charge on any atom is 0.0800 e. The van der Waals surface area contributed by atoms with Gasteiger partial charge in [-0.3, -0.25) is 0 Å². The summed E-state index contributed by atoms with van der Waals surface area (Å²) < 4.78 is 4.05. The Hall–Kier alpha value is -0.480. The number of hydrogen-bond acceptors (Lipinski definition) is 4. The summed E-state index contributed by atoms with van der Waals surface area (Å²) in [6.45, 7) is 6.67. The Balaban J connectivity index is 2.73. The van der Waals surface area contributed by atoms with E-state index >= 15 is 0 Å². The largest absolute Gasteiger partial charge is 0.312 e. The summed E-state index contributed by atoms with van der Waals surface area (Å²) in [7, 11) is 2.02. The fourth-order valence-electron chi connectivity index (χ4n) is 1.65. The van der Waals surface area contributed by atoms with Crippen LogP contribution in [0.25, 0.3) is 0 Å². The van der Waals surface area contributed by atoms with Gasteiger partial charge in [-0.1, -0.05) is 31.7 Å². The fourth-order valence-corrected chi connectivity index (χ4v) is 2.51. The molecule has 0 spiro atoms. The maximum atomic E-state index is 4.17. The Labute approximate surface area is 96.5 Å². The Morgan fingerprint density at radius 1 is 1.40 bits per heavy atom. The molecule has 0 bridgehead atoms. The van der Waals surface area contributed by atoms with Crippen molar-refractivity contribution in [2.75, 3.05) is 7.05 Å². The van der Waals surface area contributed by atoms with Crippen molar-refractivity contribution in [3.8, 4) is 0 Å². The minimum absolute atomic E-state index is 0.426. The summed E-state index contributed by atoms with van der Waals surface area (Å²) >= 11 is 1.54. The fraction of sp³-hybridized carbons (Fsp3) is 0.818. The van der Waals surface area contributed by atoms with E-state index in [9.17, 15) is 0 Å². The zero-order valence-corrected chi connectivity index (χ0v) is 10.9. The van der Waals surface area contributed by atoms with Crippen molar-refractivity contribution >= 4 is 11.5 Å². The Morgan fingerprint density at radius 2 is 2.13 bits per heavy atom. The van der Waals surface area contributed by atoms with E-state index in [-0.39, 0.29) is 0 Å². The first-order valence-corrected chi connectivity index (χ1v) is 6.48. The lowest BCUT2D eigenvalue weighted by Gasteiger charge is -2.18. The van der Waals surface area contributed by atoms with Crippen molar-refractivity contribution < 1.29 is 0 Å². The van der Waals surface area contributed by atoms with Crippen molar-refractivity contribution in [1.29, 1.82) is 0 Å². The van der Waals surface area contributed by atoms with Crippen LogP contribution in [0, 0.1) is 5.92 Å². The highest BCUT2D eigenvalue weighted by molar-refractivity contribution is 7.05. The topological polar surface area (TPSA) is 37.8 Å². The number of aromatic nitrogens is 2. The third-order valence-electron chi connectivity index (χ3n) is 2.92. The van der Waals surface area contributed by atoms with Crippen LogP contribution in [-0.4, -0.2) is 16.6 Å². The summed E-state index contributed by atoms with van der Waals surface area (Å²) in [5.74, 6) is 0.745. The zero-order valence-electron chi connectivity index (χ0n) is 10.1. The highest BCUT2D eigenvalue weighted by Gasteiger charge is 2.18. The van der Waals surface area contributed by atoms with Crippen molar-refractivity contribution in [2.45, 2.75) is 46.1 Å². The van der Waals surface area contributed by atoms with Crippen LogP contribution in [0.5, 0.6) is 0 Å². The highest BCUT2D eigenvalue weighted by Crippen LogP contribution is 2.27. The minimum Gasteiger partial charge on any atom is -0.312 e. The molecular weight excluding hydrogens is 206 g/mol. The molecule has 3 nitrogen and oxygen atoms in total. The molecule has 2 unspecified atom stereocenters. The molecule has 0 saturated heterocycles. The molecule has 2 atom stereocenters. The molecule has 4 heteroatoms. The molecular formula is C11H21N3S. The van der Waals surface area contributed by atoms with Crippen LogP contribution in [0.15, 0.2) is 0 Å². The summed E-state index contributed by atoms with van der Waals surface area (Å²) in [6.07, 6.45) is 3.38. The van der Waals surface area contributed by atoms with Gasteiger partial charge < -0.3 is 5.32 Å². The van der Waals surface area contributed by atoms with Crippen LogP contribution in [-0.2, 0) is 6.42 Å². The van der Waals surface area contributed by atoms with Crippen LogP contribution in [0.2, 0.25) is 0 Å². The maximum absolute atomic E-state index is 4.17. The first kappa shape index (κ1) is 12.6. The van der Waals surface area contributed by atoms with Gasteiger partial charge in [0.05, 0.1) is 10.6 Å². The average molecular weight is 227 g/mol. The SMILES string of the molecule is CCc1nnsc1C(CC(C)CC)NC. The molecule has 0 amide bonds. The van der Waals surface area contributed by atoms with Crippen molar-refractivity contribution in [3.05, 3.63) is 10.6 Å². The number of hydrogen-bond donors (Lipinski definition) is 1. The third kappa shape index (κ3) is 3.24. The van der Waals surface area contributed by atoms with E-state index in [0.29, 0.717) is 6.04 Å². The molecule has 0 fully saturated rings. The number of nitrogens with one attached hydrogen (secondary N) is 1. The quantitative estimate of drug-likeness (QED) is 0.812. The third-order valence-corrected chi connectivity index (χ3v) is 3.80. The molecule has 0 aliphatic carbocycles. The molecule has 1 N–H and O–H groups in total. The van der Waals surface area contributed by atoms with E-state index in [2.05, 4.69) is 35.7 Å². The van der Waals surface area contributed by atoms with Crippen LogP contribution in [0.3, 0.4) is 0 Å². The van der Waals surface area contributed by atoms with E-state index in [1.165, 1.54) is 29.3 Å². The average Bonchev–Trinajstić information content (AvgIpc) is 2.73. The molecule has 15 heavy (non-hydrogen) atoms. The predicted octanol–water partition coefficient (Wildman–Crippen LogP) is 2.80. The summed E-state index contributed by atoms with van der Waals surface area (Å²) in [6, 6.07) is 0.426. The Bertz CT molecular complexity index is 285. The molecule has 1 aromatic heterocycles. The van der Waals surface area contributed by atoms with Gasteiger partial charge in [0, 0.05) is 6.04 Å². The van der Waals surface area contributed by atoms with E-state index in [4.69, 9.17) is 0 Å². The van der Waals surface area contributed by atoms with Crippen LogP contribution in [0.4, 0.5) is 0 Å². The zero-order chi connectivity index (χ0) is 11.3. The number of aryl methyl sites for hydroxylation is 1. The van der Waals surface area contributed by atoms with E-state index in [1.54, 1.807) is 0 Å². The van der Waals surface area contributed by atoms with Crippen molar-refractivity contribution in [3.63, 3.8) is 0 Å². The molecule has 1 rings (SSSR count). The van der Waals surface area contributed by atoms with E-state index in [0.717, 1.165) is 18.0 Å². The van der Waals surface area contributed by atoms with E-state index < -0.39 is 0 Å². The second-order valence-electron chi connectivity index (χ2n) is 4.03. The van der Waals surface area contributed by atoms with Gasteiger partial charge in [0.15, 0.2) is 0 Å². The monoisotopic (exact) mass is 227 g/mol. The molecule has 0 radical (unpaired) electrons. The van der Waals surface area contributed by atoms with Crippen molar-refractivity contribution in [1.82, 2.24) is 14.9 Å². The van der Waals surface area contributed by atoms with Gasteiger partial charge in [0.2, 0.25) is 0 Å². The smallest absolute Gasteiger partial charge is 0.0800 e. The Morgan fingerprint density at radius 3 is 2.67 bits per heavy atom. The first-order valence-electron chi connectivity index (χ1n) is 5.71. The molecule has 86 valence electrons. The van der Waals surface area contributed by atoms with Gasteiger partial charge in [-0.05, 0) is 37.3 Å². The number of nitrogens with zero attached hydrogens (tertiary/aromatic N) is 2. The summed E-state index contributed by atoms with van der Waals surface area (Å²) in [5.41, 5.74) is 1.16. The summed E-state index contributed by atoms with van der Waals surface area (Å²) in [4.78, 5) is 1.32. The van der Waals surface area contributed by atoms with Gasteiger partial charge in [-0.15, -0.1) is 5.10 Å². The second kappa shape index (κ2) is 6.18. The van der Waals surface area contributed by atoms with Gasteiger partial charge in [0.25, 0.3) is 0 Å². The number of rotatable bonds is 6. The second-order valence-corrected chi connectivity index (χ2v) is 4.81. The summed E-state index contributed by atoms with van der Waals surface area (Å²) in [5, 5.41) is 7.54. The standard InChI is InChI=1S/C11H21N3S/c1-5-8(3)7-10(12-4)11-9(6-2)13-14-15-11/h8,10,12H,5-7H2,1-4H3. The molecule has 0 aromatic carbocycles. The molecule has 0 aliphatic heterocycles.